The van der Waals surface area contributed by atoms with Crippen LogP contribution in [0.4, 0.5) is 11.5 Å². The molecule has 0 fully saturated rings. The van der Waals surface area contributed by atoms with Gasteiger partial charge < -0.3 is 10.3 Å². The largest absolute Gasteiger partial charge is 0.345 e. The van der Waals surface area contributed by atoms with Gasteiger partial charge in [0.05, 0.1) is 23.1 Å². The highest BCUT2D eigenvalue weighted by Gasteiger charge is 2.00. The van der Waals surface area contributed by atoms with Gasteiger partial charge in [-0.1, -0.05) is 0 Å². The maximum Gasteiger partial charge on any atom is 0.153 e. The molecular formula is C12H11N5. The average molecular weight is 225 g/mol. The van der Waals surface area contributed by atoms with Crippen LogP contribution in [-0.4, -0.2) is 20.2 Å². The molecule has 2 aromatic heterocycles. The number of rotatable bonds is 2. The molecule has 0 radical (unpaired) electrons. The molecule has 0 saturated heterocycles. The van der Waals surface area contributed by atoms with Gasteiger partial charge in [-0.3, -0.25) is 0 Å². The third-order valence-corrected chi connectivity index (χ3v) is 2.49. The third-order valence-electron chi connectivity index (χ3n) is 2.49. The summed E-state index contributed by atoms with van der Waals surface area (Å²) in [5.74, 6) is 0.727. The maximum absolute atomic E-state index is 4.20. The summed E-state index contributed by atoms with van der Waals surface area (Å²) in [5.41, 5.74) is 3.79. The molecule has 0 aliphatic rings. The molecule has 84 valence electrons. The van der Waals surface area contributed by atoms with Crippen LogP contribution in [0.15, 0.2) is 36.7 Å². The number of H-pyrrole nitrogens is 1. The lowest BCUT2D eigenvalue weighted by Crippen LogP contribution is -1.95. The Morgan fingerprint density at radius 2 is 2.06 bits per heavy atom. The van der Waals surface area contributed by atoms with E-state index in [1.807, 2.05) is 37.3 Å². The highest BCUT2D eigenvalue weighted by atomic mass is 15.2. The zero-order valence-corrected chi connectivity index (χ0v) is 9.31. The molecule has 0 bridgehead atoms. The Hall–Kier alpha value is -2.43. The Balaban J connectivity index is 1.91. The first-order chi connectivity index (χ1) is 8.31. The smallest absolute Gasteiger partial charge is 0.153 e. The lowest BCUT2D eigenvalue weighted by molar-refractivity contribution is 0.986. The van der Waals surface area contributed by atoms with Crippen molar-refractivity contribution < 1.29 is 0 Å². The average Bonchev–Trinajstić information content (AvgIpc) is 2.79. The molecule has 5 heteroatoms. The number of hydrogen-bond donors (Lipinski definition) is 2. The van der Waals surface area contributed by atoms with E-state index in [2.05, 4.69) is 25.5 Å². The van der Waals surface area contributed by atoms with Crippen molar-refractivity contribution in [2.24, 2.45) is 0 Å². The quantitative estimate of drug-likeness (QED) is 0.702. The van der Waals surface area contributed by atoms with Crippen LogP contribution in [0.3, 0.4) is 0 Å². The second-order valence-electron chi connectivity index (χ2n) is 3.82. The molecule has 0 aliphatic heterocycles. The van der Waals surface area contributed by atoms with E-state index in [-0.39, 0.29) is 0 Å². The second-order valence-corrected chi connectivity index (χ2v) is 3.82. The molecule has 3 aromatic rings. The van der Waals surface area contributed by atoms with Gasteiger partial charge in [-0.15, -0.1) is 5.10 Å². The van der Waals surface area contributed by atoms with Gasteiger partial charge >= 0.3 is 0 Å². The predicted molar refractivity (Wildman–Crippen MR) is 66.1 cm³/mol. The predicted octanol–water partition coefficient (Wildman–Crippen LogP) is 2.40. The molecule has 0 saturated carbocycles. The number of fused-ring (bicyclic) bond motifs is 1. The van der Waals surface area contributed by atoms with E-state index in [1.165, 1.54) is 0 Å². The standard InChI is InChI=1S/C12H11N5/c1-8-2-5-12(17-16-8)15-9-3-4-10-11(6-9)14-7-13-10/h2-7H,1H3,(H,13,14)(H,15,17). The first-order valence-corrected chi connectivity index (χ1v) is 5.32. The summed E-state index contributed by atoms with van der Waals surface area (Å²) in [6.45, 7) is 1.91. The van der Waals surface area contributed by atoms with Crippen LogP contribution in [-0.2, 0) is 0 Å². The molecular weight excluding hydrogens is 214 g/mol. The molecule has 0 atom stereocenters. The number of aromatic nitrogens is 4. The molecule has 2 N–H and O–H groups in total. The van der Waals surface area contributed by atoms with Crippen molar-refractivity contribution in [3.05, 3.63) is 42.4 Å². The van der Waals surface area contributed by atoms with Gasteiger partial charge in [-0.25, -0.2) is 4.98 Å². The Morgan fingerprint density at radius 3 is 2.88 bits per heavy atom. The molecule has 3 rings (SSSR count). The molecule has 17 heavy (non-hydrogen) atoms. The van der Waals surface area contributed by atoms with Gasteiger partial charge in [0.2, 0.25) is 0 Å². The highest BCUT2D eigenvalue weighted by molar-refractivity contribution is 5.79. The molecule has 0 spiro atoms. The van der Waals surface area contributed by atoms with E-state index in [0.717, 1.165) is 28.2 Å². The Bertz CT molecular complexity index is 641. The van der Waals surface area contributed by atoms with Crippen LogP contribution >= 0.6 is 0 Å². The summed E-state index contributed by atoms with van der Waals surface area (Å²) in [7, 11) is 0. The molecule has 2 heterocycles. The van der Waals surface area contributed by atoms with Gasteiger partial charge in [0.25, 0.3) is 0 Å². The number of benzene rings is 1. The van der Waals surface area contributed by atoms with E-state index >= 15 is 0 Å². The number of imidazole rings is 1. The van der Waals surface area contributed by atoms with Gasteiger partial charge in [0, 0.05) is 5.69 Å². The Labute approximate surface area is 97.9 Å². The van der Waals surface area contributed by atoms with Gasteiger partial charge in [0.1, 0.15) is 0 Å². The number of anilines is 2. The Morgan fingerprint density at radius 1 is 1.12 bits per heavy atom. The SMILES string of the molecule is Cc1ccc(Nc2ccc3[nH]cnc3c2)nn1. The topological polar surface area (TPSA) is 66.5 Å². The van der Waals surface area contributed by atoms with Gasteiger partial charge in [-0.05, 0) is 37.3 Å². The van der Waals surface area contributed by atoms with Crippen molar-refractivity contribution >= 4 is 22.5 Å². The van der Waals surface area contributed by atoms with E-state index in [9.17, 15) is 0 Å². The lowest BCUT2D eigenvalue weighted by Gasteiger charge is -2.04. The van der Waals surface area contributed by atoms with Crippen LogP contribution < -0.4 is 5.32 Å². The summed E-state index contributed by atoms with van der Waals surface area (Å²) in [4.78, 5) is 7.25. The highest BCUT2D eigenvalue weighted by Crippen LogP contribution is 2.18. The number of nitrogens with one attached hydrogen (secondary N) is 2. The van der Waals surface area contributed by atoms with Crippen LogP contribution in [0.25, 0.3) is 11.0 Å². The first-order valence-electron chi connectivity index (χ1n) is 5.32. The molecule has 1 aromatic carbocycles. The van der Waals surface area contributed by atoms with Crippen LogP contribution in [0, 0.1) is 6.92 Å². The van der Waals surface area contributed by atoms with E-state index in [4.69, 9.17) is 0 Å². The zero-order chi connectivity index (χ0) is 11.7. The van der Waals surface area contributed by atoms with Gasteiger partial charge in [-0.2, -0.15) is 5.10 Å². The number of aromatic amines is 1. The zero-order valence-electron chi connectivity index (χ0n) is 9.31. The Kier molecular flexibility index (Phi) is 2.22. The minimum Gasteiger partial charge on any atom is -0.345 e. The monoisotopic (exact) mass is 225 g/mol. The first kappa shape index (κ1) is 9.77. The number of aryl methyl sites for hydroxylation is 1. The van der Waals surface area contributed by atoms with Crippen molar-refractivity contribution in [2.45, 2.75) is 6.92 Å². The van der Waals surface area contributed by atoms with E-state index < -0.39 is 0 Å². The van der Waals surface area contributed by atoms with Crippen molar-refractivity contribution in [3.8, 4) is 0 Å². The maximum atomic E-state index is 4.20. The third kappa shape index (κ3) is 1.94. The number of hydrogen-bond acceptors (Lipinski definition) is 4. The lowest BCUT2D eigenvalue weighted by atomic mass is 10.2. The van der Waals surface area contributed by atoms with Crippen molar-refractivity contribution in [3.63, 3.8) is 0 Å². The second kappa shape index (κ2) is 3.86. The van der Waals surface area contributed by atoms with Crippen LogP contribution in [0.5, 0.6) is 0 Å². The fourth-order valence-corrected chi connectivity index (χ4v) is 1.62. The summed E-state index contributed by atoms with van der Waals surface area (Å²) in [5, 5.41) is 11.2. The van der Waals surface area contributed by atoms with Crippen molar-refractivity contribution in [1.29, 1.82) is 0 Å². The summed E-state index contributed by atoms with van der Waals surface area (Å²) in [6.07, 6.45) is 1.68. The molecule has 0 amide bonds. The number of nitrogens with zero attached hydrogens (tertiary/aromatic N) is 3. The van der Waals surface area contributed by atoms with Crippen LogP contribution in [0.1, 0.15) is 5.69 Å². The molecule has 0 unspecified atom stereocenters. The van der Waals surface area contributed by atoms with E-state index in [0.29, 0.717) is 0 Å². The molecule has 5 nitrogen and oxygen atoms in total. The normalized spacial score (nSPS) is 10.6. The van der Waals surface area contributed by atoms with Crippen LogP contribution in [0.2, 0.25) is 0 Å². The van der Waals surface area contributed by atoms with Gasteiger partial charge in [0.15, 0.2) is 5.82 Å². The molecule has 0 aliphatic carbocycles. The summed E-state index contributed by atoms with van der Waals surface area (Å²) in [6, 6.07) is 9.74. The van der Waals surface area contributed by atoms with Crippen molar-refractivity contribution in [1.82, 2.24) is 20.2 Å². The van der Waals surface area contributed by atoms with E-state index in [1.54, 1.807) is 6.33 Å². The minimum atomic E-state index is 0.727. The fraction of sp³-hybridized carbons (Fsp3) is 0.0833. The summed E-state index contributed by atoms with van der Waals surface area (Å²) < 4.78 is 0. The fourth-order valence-electron chi connectivity index (χ4n) is 1.62. The minimum absolute atomic E-state index is 0.727. The van der Waals surface area contributed by atoms with Crippen molar-refractivity contribution in [2.75, 3.05) is 5.32 Å². The summed E-state index contributed by atoms with van der Waals surface area (Å²) >= 11 is 0.